The molecule has 4 nitrogen and oxygen atoms in total. The smallest absolute Gasteiger partial charge is 0.352 e. The first kappa shape index (κ1) is 12.7. The van der Waals surface area contributed by atoms with Crippen molar-refractivity contribution in [2.24, 2.45) is 0 Å². The molecule has 0 saturated heterocycles. The summed E-state index contributed by atoms with van der Waals surface area (Å²) in [7, 11) is 1.59. The maximum Gasteiger partial charge on any atom is 0.352 e. The third-order valence-electron chi connectivity index (χ3n) is 2.56. The maximum atomic E-state index is 11.2. The number of nitrogens with zero attached hydrogens (tertiary/aromatic N) is 1. The Morgan fingerprint density at radius 2 is 2.17 bits per heavy atom. The number of carboxylic acid groups (broad SMARTS) is 1. The molecule has 0 aliphatic rings. The molecule has 0 unspecified atom stereocenters. The molecule has 2 aromatic rings. The minimum Gasteiger partial charge on any atom is -0.477 e. The largest absolute Gasteiger partial charge is 0.477 e. The normalized spacial score (nSPS) is 10.6. The highest BCUT2D eigenvalue weighted by Crippen LogP contribution is 2.22. The Morgan fingerprint density at radius 1 is 1.44 bits per heavy atom. The van der Waals surface area contributed by atoms with E-state index in [0.717, 1.165) is 11.3 Å². The number of hydrogen-bond donors (Lipinski definition) is 1. The third-order valence-corrected chi connectivity index (χ3v) is 2.76. The minimum atomic E-state index is -1.02. The molecule has 0 aliphatic heterocycles. The van der Waals surface area contributed by atoms with E-state index in [1.165, 1.54) is 6.07 Å². The van der Waals surface area contributed by atoms with Crippen molar-refractivity contribution in [1.82, 2.24) is 4.57 Å². The molecule has 1 aromatic heterocycles. The molecule has 0 saturated carbocycles. The highest BCUT2D eigenvalue weighted by molar-refractivity contribution is 6.31. The zero-order valence-corrected chi connectivity index (χ0v) is 10.5. The van der Waals surface area contributed by atoms with Crippen molar-refractivity contribution in [3.8, 4) is 5.69 Å². The van der Waals surface area contributed by atoms with Crippen LogP contribution in [0.3, 0.4) is 0 Å². The first-order chi connectivity index (χ1) is 8.63. The first-order valence-electron chi connectivity index (χ1n) is 5.32. The van der Waals surface area contributed by atoms with Crippen molar-refractivity contribution in [1.29, 1.82) is 0 Å². The fourth-order valence-electron chi connectivity index (χ4n) is 1.82. The van der Waals surface area contributed by atoms with Gasteiger partial charge in [0.15, 0.2) is 0 Å². The second-order valence-corrected chi connectivity index (χ2v) is 4.22. The SMILES string of the molecule is COCc1ccccc1-n1cc(Cl)cc1C(=O)O. The average Bonchev–Trinajstić information content (AvgIpc) is 2.72. The van der Waals surface area contributed by atoms with Gasteiger partial charge < -0.3 is 14.4 Å². The van der Waals surface area contributed by atoms with E-state index in [1.54, 1.807) is 17.9 Å². The predicted molar refractivity (Wildman–Crippen MR) is 68.5 cm³/mol. The van der Waals surface area contributed by atoms with Crippen molar-refractivity contribution in [3.63, 3.8) is 0 Å². The molecule has 0 spiro atoms. The summed E-state index contributed by atoms with van der Waals surface area (Å²) in [6, 6.07) is 8.86. The molecule has 0 atom stereocenters. The molecule has 0 amide bonds. The molecular weight excluding hydrogens is 254 g/mol. The van der Waals surface area contributed by atoms with Crippen LogP contribution >= 0.6 is 11.6 Å². The molecule has 1 N–H and O–H groups in total. The lowest BCUT2D eigenvalue weighted by Gasteiger charge is -2.11. The van der Waals surface area contributed by atoms with E-state index < -0.39 is 5.97 Å². The first-order valence-corrected chi connectivity index (χ1v) is 5.69. The molecule has 0 fully saturated rings. The quantitative estimate of drug-likeness (QED) is 0.925. The van der Waals surface area contributed by atoms with Crippen LogP contribution < -0.4 is 0 Å². The summed E-state index contributed by atoms with van der Waals surface area (Å²) >= 11 is 5.87. The zero-order chi connectivity index (χ0) is 13.1. The molecule has 1 aromatic carbocycles. The van der Waals surface area contributed by atoms with E-state index in [1.807, 2.05) is 24.3 Å². The van der Waals surface area contributed by atoms with Crippen LogP contribution in [-0.4, -0.2) is 22.8 Å². The molecule has 18 heavy (non-hydrogen) atoms. The molecule has 5 heteroatoms. The number of halogens is 1. The Kier molecular flexibility index (Phi) is 3.69. The van der Waals surface area contributed by atoms with E-state index in [2.05, 4.69) is 0 Å². The lowest BCUT2D eigenvalue weighted by molar-refractivity contribution is 0.0688. The molecule has 0 bridgehead atoms. The predicted octanol–water partition coefficient (Wildman–Crippen LogP) is 2.98. The van der Waals surface area contributed by atoms with Crippen molar-refractivity contribution in [2.75, 3.05) is 7.11 Å². The summed E-state index contributed by atoms with van der Waals surface area (Å²) in [5.41, 5.74) is 1.78. The van der Waals surface area contributed by atoms with E-state index >= 15 is 0 Å². The van der Waals surface area contributed by atoms with Gasteiger partial charge in [0.2, 0.25) is 0 Å². The number of methoxy groups -OCH3 is 1. The Bertz CT molecular complexity index is 577. The second kappa shape index (κ2) is 5.25. The van der Waals surface area contributed by atoms with Gasteiger partial charge in [-0.3, -0.25) is 0 Å². The van der Waals surface area contributed by atoms with Crippen LogP contribution in [0.25, 0.3) is 5.69 Å². The number of rotatable bonds is 4. The van der Waals surface area contributed by atoms with Gasteiger partial charge in [-0.2, -0.15) is 0 Å². The van der Waals surface area contributed by atoms with Crippen molar-refractivity contribution >= 4 is 17.6 Å². The molecule has 0 radical (unpaired) electrons. The lowest BCUT2D eigenvalue weighted by atomic mass is 10.2. The standard InChI is InChI=1S/C13H12ClNO3/c1-18-8-9-4-2-3-5-11(9)15-7-10(14)6-12(15)13(16)17/h2-7H,8H2,1H3,(H,16,17). The van der Waals surface area contributed by atoms with Crippen LogP contribution in [0.15, 0.2) is 36.5 Å². The summed E-state index contributed by atoms with van der Waals surface area (Å²) in [5.74, 6) is -1.02. The summed E-state index contributed by atoms with van der Waals surface area (Å²) in [6.45, 7) is 0.408. The van der Waals surface area contributed by atoms with Crippen molar-refractivity contribution in [3.05, 3.63) is 52.8 Å². The Balaban J connectivity index is 2.58. The molecule has 2 rings (SSSR count). The molecule has 1 heterocycles. The van der Waals surface area contributed by atoms with Crippen molar-refractivity contribution in [2.45, 2.75) is 6.61 Å². The average molecular weight is 266 g/mol. The number of carboxylic acids is 1. The highest BCUT2D eigenvalue weighted by Gasteiger charge is 2.15. The number of hydrogen-bond acceptors (Lipinski definition) is 2. The Morgan fingerprint density at radius 3 is 2.83 bits per heavy atom. The molecular formula is C13H12ClNO3. The molecule has 0 aliphatic carbocycles. The zero-order valence-electron chi connectivity index (χ0n) is 9.76. The second-order valence-electron chi connectivity index (χ2n) is 3.78. The fourth-order valence-corrected chi connectivity index (χ4v) is 2.02. The van der Waals surface area contributed by atoms with Crippen LogP contribution in [0.5, 0.6) is 0 Å². The number of ether oxygens (including phenoxy) is 1. The third kappa shape index (κ3) is 2.39. The number of para-hydroxylation sites is 1. The van der Waals surface area contributed by atoms with Gasteiger partial charge in [0.05, 0.1) is 17.3 Å². The summed E-state index contributed by atoms with van der Waals surface area (Å²) in [6.07, 6.45) is 1.58. The Hall–Kier alpha value is -1.78. The fraction of sp³-hybridized carbons (Fsp3) is 0.154. The van der Waals surface area contributed by atoms with E-state index in [9.17, 15) is 4.79 Å². The van der Waals surface area contributed by atoms with Crippen LogP contribution in [0.4, 0.5) is 0 Å². The van der Waals surface area contributed by atoms with Crippen LogP contribution in [0, 0.1) is 0 Å². The van der Waals surface area contributed by atoms with E-state index in [4.69, 9.17) is 21.4 Å². The summed E-state index contributed by atoms with van der Waals surface area (Å²) in [4.78, 5) is 11.2. The monoisotopic (exact) mass is 265 g/mol. The topological polar surface area (TPSA) is 51.5 Å². The van der Waals surface area contributed by atoms with E-state index in [-0.39, 0.29) is 5.69 Å². The van der Waals surface area contributed by atoms with Gasteiger partial charge >= 0.3 is 5.97 Å². The number of carbonyl (C=O) groups is 1. The lowest BCUT2D eigenvalue weighted by Crippen LogP contribution is -2.08. The van der Waals surface area contributed by atoms with Gasteiger partial charge in [0.25, 0.3) is 0 Å². The van der Waals surface area contributed by atoms with Crippen LogP contribution in [-0.2, 0) is 11.3 Å². The Labute approximate surface area is 109 Å². The van der Waals surface area contributed by atoms with Crippen molar-refractivity contribution < 1.29 is 14.6 Å². The van der Waals surface area contributed by atoms with Gasteiger partial charge in [0.1, 0.15) is 5.69 Å². The summed E-state index contributed by atoms with van der Waals surface area (Å²) in [5, 5.41) is 9.54. The van der Waals surface area contributed by atoms with Gasteiger partial charge in [-0.05, 0) is 12.1 Å². The van der Waals surface area contributed by atoms with Crippen LogP contribution in [0.2, 0.25) is 5.02 Å². The van der Waals surface area contributed by atoms with Gasteiger partial charge in [-0.15, -0.1) is 0 Å². The maximum absolute atomic E-state index is 11.2. The number of benzene rings is 1. The van der Waals surface area contributed by atoms with Gasteiger partial charge in [-0.1, -0.05) is 29.8 Å². The van der Waals surface area contributed by atoms with Gasteiger partial charge in [-0.25, -0.2) is 4.79 Å². The number of aromatic nitrogens is 1. The number of aromatic carboxylic acids is 1. The van der Waals surface area contributed by atoms with E-state index in [0.29, 0.717) is 11.6 Å². The highest BCUT2D eigenvalue weighted by atomic mass is 35.5. The minimum absolute atomic E-state index is 0.128. The van der Waals surface area contributed by atoms with Crippen LogP contribution in [0.1, 0.15) is 16.1 Å². The molecule has 94 valence electrons. The summed E-state index contributed by atoms with van der Waals surface area (Å²) < 4.78 is 6.66. The van der Waals surface area contributed by atoms with Gasteiger partial charge in [0, 0.05) is 18.9 Å².